The summed E-state index contributed by atoms with van der Waals surface area (Å²) in [5.74, 6) is 0.166. The number of rotatable bonds is 4. The largest absolute Gasteiger partial charge is 0.493 e. The molecule has 15 heavy (non-hydrogen) atoms. The summed E-state index contributed by atoms with van der Waals surface area (Å²) >= 11 is 9.04. The van der Waals surface area contributed by atoms with E-state index >= 15 is 0 Å². The van der Waals surface area contributed by atoms with E-state index in [9.17, 15) is 4.39 Å². The molecule has 4 heteroatoms. The van der Waals surface area contributed by atoms with E-state index in [4.69, 9.17) is 16.3 Å². The molecule has 0 atom stereocenters. The van der Waals surface area contributed by atoms with E-state index in [2.05, 4.69) is 29.8 Å². The highest BCUT2D eigenvalue weighted by atomic mass is 79.9. The van der Waals surface area contributed by atoms with Gasteiger partial charge in [0.25, 0.3) is 0 Å². The fourth-order valence-corrected chi connectivity index (χ4v) is 1.22. The zero-order valence-electron chi connectivity index (χ0n) is 8.69. The summed E-state index contributed by atoms with van der Waals surface area (Å²) in [6, 6.07) is 4.37. The van der Waals surface area contributed by atoms with Crippen LogP contribution in [0.15, 0.2) is 18.2 Å². The smallest absolute Gasteiger partial charge is 0.142 e. The van der Waals surface area contributed by atoms with E-state index in [1.807, 2.05) is 0 Å². The van der Waals surface area contributed by atoms with Gasteiger partial charge in [0, 0.05) is 16.8 Å². The Hall–Kier alpha value is -0.280. The first-order chi connectivity index (χ1) is 6.94. The molecule has 0 fully saturated rings. The SMILES string of the molecule is CC(C)(CBr)COc1ccc(F)c(Cl)c1. The standard InChI is InChI=1S/C11H13BrClFO/c1-11(2,6-12)7-15-8-3-4-10(14)9(13)5-8/h3-5H,6-7H2,1-2H3. The van der Waals surface area contributed by atoms with E-state index in [1.54, 1.807) is 6.07 Å². The predicted octanol–water partition coefficient (Wildman–Crippen LogP) is 4.28. The van der Waals surface area contributed by atoms with Crippen LogP contribution in [0.1, 0.15) is 13.8 Å². The van der Waals surface area contributed by atoms with Crippen molar-refractivity contribution in [2.24, 2.45) is 5.41 Å². The highest BCUT2D eigenvalue weighted by molar-refractivity contribution is 9.09. The Morgan fingerprint density at radius 1 is 1.47 bits per heavy atom. The molecule has 0 amide bonds. The molecule has 84 valence electrons. The fourth-order valence-electron chi connectivity index (χ4n) is 0.884. The summed E-state index contributed by atoms with van der Waals surface area (Å²) in [6.45, 7) is 4.71. The Morgan fingerprint density at radius 3 is 2.67 bits per heavy atom. The number of halogens is 3. The lowest BCUT2D eigenvalue weighted by Gasteiger charge is -2.21. The van der Waals surface area contributed by atoms with Crippen molar-refractivity contribution in [2.45, 2.75) is 13.8 Å². The van der Waals surface area contributed by atoms with E-state index in [0.29, 0.717) is 12.4 Å². The predicted molar refractivity (Wildman–Crippen MR) is 64.5 cm³/mol. The maximum absolute atomic E-state index is 12.8. The lowest BCUT2D eigenvalue weighted by molar-refractivity contribution is 0.203. The topological polar surface area (TPSA) is 9.23 Å². The average molecular weight is 296 g/mol. The van der Waals surface area contributed by atoms with Crippen LogP contribution < -0.4 is 4.74 Å². The number of hydrogen-bond donors (Lipinski definition) is 0. The van der Waals surface area contributed by atoms with Crippen LogP contribution in [-0.4, -0.2) is 11.9 Å². The second kappa shape index (κ2) is 5.17. The van der Waals surface area contributed by atoms with Gasteiger partial charge in [-0.1, -0.05) is 41.4 Å². The van der Waals surface area contributed by atoms with Crippen molar-refractivity contribution in [3.63, 3.8) is 0 Å². The van der Waals surface area contributed by atoms with Crippen LogP contribution in [0.2, 0.25) is 5.02 Å². The molecule has 0 saturated carbocycles. The molecule has 0 aliphatic rings. The van der Waals surface area contributed by atoms with Gasteiger partial charge in [-0.15, -0.1) is 0 Å². The van der Waals surface area contributed by atoms with E-state index < -0.39 is 5.82 Å². The molecule has 0 N–H and O–H groups in total. The maximum Gasteiger partial charge on any atom is 0.142 e. The molecule has 0 saturated heterocycles. The second-order valence-electron chi connectivity index (χ2n) is 4.16. The first-order valence-corrected chi connectivity index (χ1v) is 6.08. The molecule has 0 aliphatic heterocycles. The van der Waals surface area contributed by atoms with Gasteiger partial charge in [0.1, 0.15) is 11.6 Å². The van der Waals surface area contributed by atoms with Crippen LogP contribution in [0, 0.1) is 11.2 Å². The summed E-state index contributed by atoms with van der Waals surface area (Å²) in [4.78, 5) is 0. The van der Waals surface area contributed by atoms with Crippen LogP contribution in [0.4, 0.5) is 4.39 Å². The first-order valence-electron chi connectivity index (χ1n) is 4.58. The minimum absolute atomic E-state index is 0.0425. The normalized spacial score (nSPS) is 11.5. The van der Waals surface area contributed by atoms with Gasteiger partial charge in [-0.2, -0.15) is 0 Å². The van der Waals surface area contributed by atoms with Crippen LogP contribution >= 0.6 is 27.5 Å². The van der Waals surface area contributed by atoms with E-state index in [1.165, 1.54) is 12.1 Å². The third kappa shape index (κ3) is 3.99. The number of ether oxygens (including phenoxy) is 1. The third-order valence-electron chi connectivity index (χ3n) is 1.88. The summed E-state index contributed by atoms with van der Waals surface area (Å²) in [7, 11) is 0. The molecular formula is C11H13BrClFO. The molecule has 0 bridgehead atoms. The fraction of sp³-hybridized carbons (Fsp3) is 0.455. The minimum Gasteiger partial charge on any atom is -0.493 e. The lowest BCUT2D eigenvalue weighted by atomic mass is 9.98. The van der Waals surface area contributed by atoms with E-state index in [-0.39, 0.29) is 10.4 Å². The van der Waals surface area contributed by atoms with Crippen molar-refractivity contribution in [1.82, 2.24) is 0 Å². The first kappa shape index (κ1) is 12.8. The molecule has 0 heterocycles. The van der Waals surface area contributed by atoms with Crippen molar-refractivity contribution in [2.75, 3.05) is 11.9 Å². The third-order valence-corrected chi connectivity index (χ3v) is 3.69. The van der Waals surface area contributed by atoms with Gasteiger partial charge >= 0.3 is 0 Å². The van der Waals surface area contributed by atoms with E-state index in [0.717, 1.165) is 5.33 Å². The molecule has 1 nitrogen and oxygen atoms in total. The zero-order chi connectivity index (χ0) is 11.5. The Morgan fingerprint density at radius 2 is 2.13 bits per heavy atom. The van der Waals surface area contributed by atoms with Crippen molar-refractivity contribution in [3.05, 3.63) is 29.0 Å². The van der Waals surface area contributed by atoms with Gasteiger partial charge in [-0.05, 0) is 12.1 Å². The van der Waals surface area contributed by atoms with Gasteiger partial charge in [-0.25, -0.2) is 4.39 Å². The summed E-state index contributed by atoms with van der Waals surface area (Å²) in [5.41, 5.74) is 0.0425. The second-order valence-corrected chi connectivity index (χ2v) is 5.13. The average Bonchev–Trinajstić information content (AvgIpc) is 2.20. The van der Waals surface area contributed by atoms with Crippen molar-refractivity contribution in [3.8, 4) is 5.75 Å². The molecule has 0 aromatic heterocycles. The Balaban J connectivity index is 2.62. The summed E-state index contributed by atoms with van der Waals surface area (Å²) < 4.78 is 18.4. The highest BCUT2D eigenvalue weighted by Crippen LogP contribution is 2.24. The molecule has 1 aromatic rings. The molecule has 0 radical (unpaired) electrons. The van der Waals surface area contributed by atoms with Crippen molar-refractivity contribution >= 4 is 27.5 Å². The highest BCUT2D eigenvalue weighted by Gasteiger charge is 2.17. The van der Waals surface area contributed by atoms with Gasteiger partial charge < -0.3 is 4.74 Å². The molecular weight excluding hydrogens is 282 g/mol. The van der Waals surface area contributed by atoms with Crippen LogP contribution in [0.25, 0.3) is 0 Å². The molecule has 1 aromatic carbocycles. The van der Waals surface area contributed by atoms with Gasteiger partial charge in [0.05, 0.1) is 11.6 Å². The molecule has 0 aliphatic carbocycles. The van der Waals surface area contributed by atoms with Gasteiger partial charge in [-0.3, -0.25) is 0 Å². The van der Waals surface area contributed by atoms with Crippen molar-refractivity contribution < 1.29 is 9.13 Å². The maximum atomic E-state index is 12.8. The monoisotopic (exact) mass is 294 g/mol. The number of alkyl halides is 1. The summed E-state index contributed by atoms with van der Waals surface area (Å²) in [6.07, 6.45) is 0. The molecule has 1 rings (SSSR count). The summed E-state index contributed by atoms with van der Waals surface area (Å²) in [5, 5.41) is 0.929. The Kier molecular flexibility index (Phi) is 4.41. The van der Waals surface area contributed by atoms with Crippen LogP contribution in [-0.2, 0) is 0 Å². The lowest BCUT2D eigenvalue weighted by Crippen LogP contribution is -2.22. The quantitative estimate of drug-likeness (QED) is 0.753. The minimum atomic E-state index is -0.427. The number of benzene rings is 1. The Labute approximate surface area is 103 Å². The number of hydrogen-bond acceptors (Lipinski definition) is 1. The van der Waals surface area contributed by atoms with Gasteiger partial charge in [0.15, 0.2) is 0 Å². The zero-order valence-corrected chi connectivity index (χ0v) is 11.0. The molecule has 0 unspecified atom stereocenters. The van der Waals surface area contributed by atoms with Gasteiger partial charge in [0.2, 0.25) is 0 Å². The van der Waals surface area contributed by atoms with Crippen LogP contribution in [0.5, 0.6) is 5.75 Å². The Bertz CT molecular complexity index is 341. The molecule has 0 spiro atoms. The van der Waals surface area contributed by atoms with Crippen LogP contribution in [0.3, 0.4) is 0 Å². The van der Waals surface area contributed by atoms with Crippen molar-refractivity contribution in [1.29, 1.82) is 0 Å².